The third-order valence-electron chi connectivity index (χ3n) is 5.28. The van der Waals surface area contributed by atoms with Gasteiger partial charge in [-0.25, -0.2) is 10.3 Å². The van der Waals surface area contributed by atoms with Gasteiger partial charge in [-0.1, -0.05) is 70.2 Å². The van der Waals surface area contributed by atoms with Crippen LogP contribution in [0.4, 0.5) is 4.79 Å². The van der Waals surface area contributed by atoms with Gasteiger partial charge >= 0.3 is 6.03 Å². The molecule has 1 aromatic carbocycles. The Hall–Kier alpha value is -3.11. The summed E-state index contributed by atoms with van der Waals surface area (Å²) in [6.45, 7) is 9.25. The predicted octanol–water partition coefficient (Wildman–Crippen LogP) is 2.87. The number of nitrogens with zero attached hydrogens (tertiary/aromatic N) is 1. The van der Waals surface area contributed by atoms with Crippen LogP contribution in [0.3, 0.4) is 0 Å². The van der Waals surface area contributed by atoms with Crippen LogP contribution in [0.1, 0.15) is 53.0 Å². The van der Waals surface area contributed by atoms with Crippen LogP contribution in [0.5, 0.6) is 0 Å². The first-order valence-corrected chi connectivity index (χ1v) is 11.8. The molecule has 0 aliphatic heterocycles. The van der Waals surface area contributed by atoms with E-state index in [1.54, 1.807) is 11.6 Å². The second kappa shape index (κ2) is 16.5. The molecule has 0 fully saturated rings. The van der Waals surface area contributed by atoms with Crippen molar-refractivity contribution in [1.82, 2.24) is 21.2 Å². The molecule has 0 aliphatic rings. The fraction of sp³-hybridized carbons (Fsp3) is 0.520. The zero-order valence-electron chi connectivity index (χ0n) is 21.6. The molecular weight excluding hydrogens is 486 g/mol. The maximum atomic E-state index is 13.4. The zero-order chi connectivity index (χ0) is 26.5. The molecule has 11 heteroatoms. The number of benzene rings is 1. The van der Waals surface area contributed by atoms with E-state index in [1.807, 2.05) is 64.1 Å². The quantitative estimate of drug-likeness (QED) is 0.210. The number of nitrogens with one attached hydrogen (secondary N) is 3. The van der Waals surface area contributed by atoms with Gasteiger partial charge in [-0.3, -0.25) is 30.0 Å². The molecule has 36 heavy (non-hydrogen) atoms. The van der Waals surface area contributed by atoms with E-state index >= 15 is 0 Å². The summed E-state index contributed by atoms with van der Waals surface area (Å²) in [5.41, 5.74) is 10.4. The topological polar surface area (TPSA) is 154 Å². The first-order chi connectivity index (χ1) is 16.5. The fourth-order valence-corrected chi connectivity index (χ4v) is 3.69. The highest BCUT2D eigenvalue weighted by molar-refractivity contribution is 5.91. The van der Waals surface area contributed by atoms with Gasteiger partial charge in [-0.15, -0.1) is 12.4 Å². The Kier molecular flexibility index (Phi) is 15.1. The summed E-state index contributed by atoms with van der Waals surface area (Å²) < 4.78 is 0. The van der Waals surface area contributed by atoms with Crippen LogP contribution in [0.25, 0.3) is 6.08 Å². The minimum absolute atomic E-state index is 0. The molecule has 3 atom stereocenters. The number of hydrogen-bond acceptors (Lipinski definition) is 5. The smallest absolute Gasteiger partial charge is 0.312 e. The van der Waals surface area contributed by atoms with E-state index in [0.717, 1.165) is 10.6 Å². The highest BCUT2D eigenvalue weighted by Crippen LogP contribution is 2.25. The molecule has 1 rings (SSSR count). The van der Waals surface area contributed by atoms with E-state index in [1.165, 1.54) is 6.92 Å². The van der Waals surface area contributed by atoms with Gasteiger partial charge in [0.2, 0.25) is 11.8 Å². The molecule has 0 bridgehead atoms. The van der Waals surface area contributed by atoms with Crippen LogP contribution in [-0.2, 0) is 14.4 Å². The lowest BCUT2D eigenvalue weighted by Crippen LogP contribution is -2.57. The number of urea groups is 1. The van der Waals surface area contributed by atoms with E-state index in [9.17, 15) is 24.4 Å². The number of primary amides is 1. The molecule has 0 aromatic heterocycles. The van der Waals surface area contributed by atoms with Crippen molar-refractivity contribution >= 4 is 42.2 Å². The molecule has 202 valence electrons. The minimum atomic E-state index is -0.958. The number of carbonyl (C=O) groups is 4. The molecule has 5 amide bonds. The first-order valence-electron chi connectivity index (χ1n) is 11.8. The number of hydrazine groups is 1. The third-order valence-corrected chi connectivity index (χ3v) is 5.28. The van der Waals surface area contributed by atoms with E-state index in [2.05, 4.69) is 10.7 Å². The number of allylic oxidation sites excluding steroid dienone is 1. The molecule has 0 saturated carbocycles. The van der Waals surface area contributed by atoms with Crippen molar-refractivity contribution in [3.8, 4) is 0 Å². The Morgan fingerprint density at radius 2 is 1.58 bits per heavy atom. The van der Waals surface area contributed by atoms with Crippen LogP contribution in [0.2, 0.25) is 0 Å². The molecule has 0 aliphatic carbocycles. The van der Waals surface area contributed by atoms with Gasteiger partial charge in [-0.2, -0.15) is 0 Å². The molecule has 0 heterocycles. The van der Waals surface area contributed by atoms with Gasteiger partial charge in [0.05, 0.1) is 11.8 Å². The van der Waals surface area contributed by atoms with Crippen molar-refractivity contribution in [3.63, 3.8) is 0 Å². The number of amides is 5. The van der Waals surface area contributed by atoms with Crippen molar-refractivity contribution in [3.05, 3.63) is 42.0 Å². The van der Waals surface area contributed by atoms with Gasteiger partial charge in [-0.05, 0) is 37.2 Å². The van der Waals surface area contributed by atoms with E-state index in [0.29, 0.717) is 6.42 Å². The molecule has 1 unspecified atom stereocenters. The Labute approximate surface area is 219 Å². The maximum absolute atomic E-state index is 13.4. The monoisotopic (exact) mass is 525 g/mol. The second-order valence-corrected chi connectivity index (χ2v) is 9.42. The number of halogens is 1. The standard InChI is InChI=1S/C25H39N5O5.ClH/c1-16(2)14-21(20(23(32)29-35)13-9-12-19-10-7-6-8-11-19)22(31)28-30(15-17(3)4)24(33)18(5)27-25(26)34;/h6-12,16-18,20-21,35H,13-15H2,1-5H3,(H,28,31)(H,29,32)(H3,26,27,34);1H/b12-9+;/t18?,20-,21+;/m0./s1. The molecular formula is C25H40ClN5O5. The Morgan fingerprint density at radius 1 is 0.972 bits per heavy atom. The van der Waals surface area contributed by atoms with E-state index < -0.39 is 41.6 Å². The van der Waals surface area contributed by atoms with Crippen molar-refractivity contribution < 1.29 is 24.4 Å². The highest BCUT2D eigenvalue weighted by Gasteiger charge is 2.35. The zero-order valence-corrected chi connectivity index (χ0v) is 22.4. The molecule has 6 N–H and O–H groups in total. The lowest BCUT2D eigenvalue weighted by atomic mass is 9.82. The molecule has 0 saturated heterocycles. The van der Waals surface area contributed by atoms with Crippen LogP contribution in [0, 0.1) is 23.7 Å². The molecule has 0 spiro atoms. The highest BCUT2D eigenvalue weighted by atomic mass is 35.5. The Balaban J connectivity index is 0.0000122. The molecule has 1 aromatic rings. The number of nitrogens with two attached hydrogens (primary N) is 1. The van der Waals surface area contributed by atoms with Crippen molar-refractivity contribution in [2.24, 2.45) is 29.4 Å². The fourth-order valence-electron chi connectivity index (χ4n) is 3.69. The molecule has 10 nitrogen and oxygen atoms in total. The van der Waals surface area contributed by atoms with E-state index in [4.69, 9.17) is 5.73 Å². The summed E-state index contributed by atoms with van der Waals surface area (Å²) in [6, 6.07) is 7.68. The van der Waals surface area contributed by atoms with Gasteiger partial charge in [0, 0.05) is 6.54 Å². The summed E-state index contributed by atoms with van der Waals surface area (Å²) in [6.07, 6.45) is 4.17. The summed E-state index contributed by atoms with van der Waals surface area (Å²) in [5.74, 6) is -3.39. The number of rotatable bonds is 12. The lowest BCUT2D eigenvalue weighted by Gasteiger charge is -2.31. The average molecular weight is 526 g/mol. The van der Waals surface area contributed by atoms with Crippen LogP contribution in [-0.4, -0.2) is 46.6 Å². The lowest BCUT2D eigenvalue weighted by molar-refractivity contribution is -0.148. The van der Waals surface area contributed by atoms with Crippen LogP contribution in [0.15, 0.2) is 36.4 Å². The largest absolute Gasteiger partial charge is 0.352 e. The summed E-state index contributed by atoms with van der Waals surface area (Å²) in [5, 5.41) is 12.8. The van der Waals surface area contributed by atoms with Gasteiger partial charge in [0.15, 0.2) is 0 Å². The summed E-state index contributed by atoms with van der Waals surface area (Å²) >= 11 is 0. The summed E-state index contributed by atoms with van der Waals surface area (Å²) in [7, 11) is 0. The van der Waals surface area contributed by atoms with Crippen LogP contribution >= 0.6 is 12.4 Å². The number of hydroxylamine groups is 1. The normalized spacial score (nSPS) is 13.4. The van der Waals surface area contributed by atoms with E-state index in [-0.39, 0.29) is 37.2 Å². The SMILES string of the molecule is CC(C)C[C@@H](C(=O)NN(CC(C)C)C(=O)C(C)NC(N)=O)[C@H](C/C=C/c1ccccc1)C(=O)NO.Cl. The number of carbonyl (C=O) groups excluding carboxylic acids is 4. The van der Waals surface area contributed by atoms with Gasteiger partial charge in [0.25, 0.3) is 5.91 Å². The Bertz CT molecular complexity index is 879. The minimum Gasteiger partial charge on any atom is -0.352 e. The molecule has 0 radical (unpaired) electrons. The first kappa shape index (κ1) is 32.9. The van der Waals surface area contributed by atoms with Crippen molar-refractivity contribution in [1.29, 1.82) is 0 Å². The van der Waals surface area contributed by atoms with Crippen LogP contribution < -0.4 is 22.0 Å². The van der Waals surface area contributed by atoms with Crippen molar-refractivity contribution in [2.45, 2.75) is 53.5 Å². The summed E-state index contributed by atoms with van der Waals surface area (Å²) in [4.78, 5) is 50.1. The van der Waals surface area contributed by atoms with Gasteiger partial charge in [0.1, 0.15) is 6.04 Å². The Morgan fingerprint density at radius 3 is 2.08 bits per heavy atom. The van der Waals surface area contributed by atoms with Crippen molar-refractivity contribution in [2.75, 3.05) is 6.54 Å². The van der Waals surface area contributed by atoms with Gasteiger partial charge < -0.3 is 11.1 Å². The number of hydrogen-bond donors (Lipinski definition) is 5. The third kappa shape index (κ3) is 11.5. The maximum Gasteiger partial charge on any atom is 0.312 e. The second-order valence-electron chi connectivity index (χ2n) is 9.42. The predicted molar refractivity (Wildman–Crippen MR) is 141 cm³/mol. The average Bonchev–Trinajstić information content (AvgIpc) is 2.79.